The smallest absolute Gasteiger partial charge is 0.320 e. The van der Waals surface area contributed by atoms with Crippen molar-refractivity contribution in [2.24, 2.45) is 5.73 Å². The number of carbonyl (C=O) groups is 2. The van der Waals surface area contributed by atoms with Crippen molar-refractivity contribution in [3.05, 3.63) is 29.3 Å². The molecule has 1 saturated heterocycles. The lowest BCUT2D eigenvalue weighted by molar-refractivity contribution is -0.186. The second kappa shape index (κ2) is 9.36. The highest BCUT2D eigenvalue weighted by Crippen LogP contribution is 2.22. The number of hydrogen-bond acceptors (Lipinski definition) is 6. The number of amides is 1. The maximum Gasteiger partial charge on any atom is 0.320 e. The van der Waals surface area contributed by atoms with E-state index >= 15 is 0 Å². The second-order valence-electron chi connectivity index (χ2n) is 5.86. The Bertz CT molecular complexity index is 601. The van der Waals surface area contributed by atoms with E-state index in [1.807, 2.05) is 0 Å². The highest BCUT2D eigenvalue weighted by molar-refractivity contribution is 5.96. The van der Waals surface area contributed by atoms with Gasteiger partial charge < -0.3 is 20.3 Å². The first-order valence-electron chi connectivity index (χ1n) is 8.24. The molecule has 1 amide bonds. The zero-order chi connectivity index (χ0) is 18.2. The highest BCUT2D eigenvalue weighted by Gasteiger charge is 2.19. The standard InChI is InChI=1S/C17H24N2O6/c1-23-14-10-11(6-8-13(18)17(21)22)5-7-12(14)16(20)19-25-15-4-2-3-9-24-15/h5,7,10,13,15H,2-4,6,8-9,18H2,1H3,(H,19,20)(H,21,22). The Labute approximate surface area is 146 Å². The molecular weight excluding hydrogens is 328 g/mol. The van der Waals surface area contributed by atoms with E-state index in [1.54, 1.807) is 18.2 Å². The molecule has 2 atom stereocenters. The summed E-state index contributed by atoms with van der Waals surface area (Å²) in [6.07, 6.45) is 3.07. The van der Waals surface area contributed by atoms with E-state index in [0.717, 1.165) is 24.8 Å². The van der Waals surface area contributed by atoms with Crippen molar-refractivity contribution in [2.75, 3.05) is 13.7 Å². The van der Waals surface area contributed by atoms with Crippen molar-refractivity contribution >= 4 is 11.9 Å². The van der Waals surface area contributed by atoms with E-state index in [9.17, 15) is 9.59 Å². The number of methoxy groups -OCH3 is 1. The van der Waals surface area contributed by atoms with Crippen LogP contribution in [0.15, 0.2) is 18.2 Å². The van der Waals surface area contributed by atoms with Gasteiger partial charge in [-0.15, -0.1) is 0 Å². The first-order valence-corrected chi connectivity index (χ1v) is 8.24. The third kappa shape index (κ3) is 5.70. The molecule has 1 aromatic carbocycles. The lowest BCUT2D eigenvalue weighted by Crippen LogP contribution is -2.33. The predicted octanol–water partition coefficient (Wildman–Crippen LogP) is 1.23. The van der Waals surface area contributed by atoms with Gasteiger partial charge in [-0.25, -0.2) is 10.3 Å². The number of carbonyl (C=O) groups excluding carboxylic acids is 1. The van der Waals surface area contributed by atoms with Gasteiger partial charge in [-0.05, 0) is 43.4 Å². The number of aliphatic carboxylic acids is 1. The van der Waals surface area contributed by atoms with Gasteiger partial charge in [0, 0.05) is 13.0 Å². The molecule has 1 aromatic rings. The number of ether oxygens (including phenoxy) is 2. The molecule has 2 unspecified atom stereocenters. The van der Waals surface area contributed by atoms with Crippen molar-refractivity contribution in [3.63, 3.8) is 0 Å². The van der Waals surface area contributed by atoms with Crippen molar-refractivity contribution in [1.29, 1.82) is 0 Å². The molecule has 0 aliphatic carbocycles. The van der Waals surface area contributed by atoms with Gasteiger partial charge >= 0.3 is 5.97 Å². The summed E-state index contributed by atoms with van der Waals surface area (Å²) in [7, 11) is 1.46. The van der Waals surface area contributed by atoms with Gasteiger partial charge in [0.2, 0.25) is 0 Å². The van der Waals surface area contributed by atoms with Crippen LogP contribution in [-0.4, -0.2) is 43.0 Å². The molecule has 0 bridgehead atoms. The van der Waals surface area contributed by atoms with Crippen LogP contribution < -0.4 is 16.0 Å². The largest absolute Gasteiger partial charge is 0.496 e. The highest BCUT2D eigenvalue weighted by atomic mass is 16.8. The topological polar surface area (TPSA) is 120 Å². The van der Waals surface area contributed by atoms with Gasteiger partial charge in [0.25, 0.3) is 5.91 Å². The van der Waals surface area contributed by atoms with Gasteiger partial charge in [0.05, 0.1) is 12.7 Å². The Hall–Kier alpha value is -2.16. The number of hydrogen-bond donors (Lipinski definition) is 3. The van der Waals surface area contributed by atoms with Crippen LogP contribution in [0.2, 0.25) is 0 Å². The fourth-order valence-corrected chi connectivity index (χ4v) is 2.50. The Balaban J connectivity index is 1.95. The number of aryl methyl sites for hydroxylation is 1. The van der Waals surface area contributed by atoms with E-state index in [4.69, 9.17) is 25.2 Å². The molecular formula is C17H24N2O6. The molecule has 8 nitrogen and oxygen atoms in total. The van der Waals surface area contributed by atoms with Crippen LogP contribution in [0.5, 0.6) is 5.75 Å². The summed E-state index contributed by atoms with van der Waals surface area (Å²) in [5, 5.41) is 8.82. The van der Waals surface area contributed by atoms with Crippen molar-refractivity contribution in [1.82, 2.24) is 5.48 Å². The van der Waals surface area contributed by atoms with Crippen LogP contribution in [0, 0.1) is 0 Å². The maximum atomic E-state index is 12.3. The monoisotopic (exact) mass is 352 g/mol. The first kappa shape index (κ1) is 19.2. The summed E-state index contributed by atoms with van der Waals surface area (Å²) < 4.78 is 10.6. The van der Waals surface area contributed by atoms with Gasteiger partial charge in [-0.3, -0.25) is 9.59 Å². The van der Waals surface area contributed by atoms with Crippen molar-refractivity contribution < 1.29 is 29.0 Å². The summed E-state index contributed by atoms with van der Waals surface area (Å²) in [6, 6.07) is 4.13. The number of carboxylic acid groups (broad SMARTS) is 1. The van der Waals surface area contributed by atoms with E-state index in [0.29, 0.717) is 30.8 Å². The number of benzene rings is 1. The maximum absolute atomic E-state index is 12.3. The minimum atomic E-state index is -1.04. The molecule has 138 valence electrons. The summed E-state index contributed by atoms with van der Waals surface area (Å²) in [6.45, 7) is 0.622. The van der Waals surface area contributed by atoms with E-state index < -0.39 is 24.2 Å². The number of nitrogens with two attached hydrogens (primary N) is 1. The molecule has 0 radical (unpaired) electrons. The first-order chi connectivity index (χ1) is 12.0. The molecule has 1 aliphatic heterocycles. The Morgan fingerprint density at radius 3 is 2.88 bits per heavy atom. The number of nitrogens with one attached hydrogen (secondary N) is 1. The fourth-order valence-electron chi connectivity index (χ4n) is 2.50. The normalized spacial score (nSPS) is 18.4. The van der Waals surface area contributed by atoms with E-state index in [1.165, 1.54) is 7.11 Å². The van der Waals surface area contributed by atoms with Crippen LogP contribution in [0.4, 0.5) is 0 Å². The van der Waals surface area contributed by atoms with Crippen LogP contribution in [0.3, 0.4) is 0 Å². The SMILES string of the molecule is COc1cc(CCC(N)C(=O)O)ccc1C(=O)NOC1CCCCO1. The molecule has 0 saturated carbocycles. The molecule has 25 heavy (non-hydrogen) atoms. The van der Waals surface area contributed by atoms with Gasteiger partial charge in [-0.1, -0.05) is 6.07 Å². The van der Waals surface area contributed by atoms with E-state index in [2.05, 4.69) is 5.48 Å². The summed E-state index contributed by atoms with van der Waals surface area (Å²) in [4.78, 5) is 28.3. The van der Waals surface area contributed by atoms with Crippen molar-refractivity contribution in [2.45, 2.75) is 44.4 Å². The third-order valence-corrected chi connectivity index (χ3v) is 3.99. The average molecular weight is 352 g/mol. The average Bonchev–Trinajstić information content (AvgIpc) is 2.64. The van der Waals surface area contributed by atoms with Gasteiger partial charge in [0.1, 0.15) is 11.8 Å². The second-order valence-corrected chi connectivity index (χ2v) is 5.86. The third-order valence-electron chi connectivity index (χ3n) is 3.99. The Morgan fingerprint density at radius 2 is 2.24 bits per heavy atom. The summed E-state index contributed by atoms with van der Waals surface area (Å²) >= 11 is 0. The quantitative estimate of drug-likeness (QED) is 0.602. The zero-order valence-electron chi connectivity index (χ0n) is 14.2. The Morgan fingerprint density at radius 1 is 1.44 bits per heavy atom. The zero-order valence-corrected chi connectivity index (χ0v) is 14.2. The molecule has 4 N–H and O–H groups in total. The summed E-state index contributed by atoms with van der Waals surface area (Å²) in [5.74, 6) is -1.09. The van der Waals surface area contributed by atoms with Gasteiger partial charge in [-0.2, -0.15) is 0 Å². The minimum absolute atomic E-state index is 0.298. The van der Waals surface area contributed by atoms with Gasteiger partial charge in [0.15, 0.2) is 6.29 Å². The molecule has 0 aromatic heterocycles. The lowest BCUT2D eigenvalue weighted by Gasteiger charge is -2.22. The summed E-state index contributed by atoms with van der Waals surface area (Å²) in [5.41, 5.74) is 9.05. The van der Waals surface area contributed by atoms with Crippen LogP contribution >= 0.6 is 0 Å². The lowest BCUT2D eigenvalue weighted by atomic mass is 10.0. The fraction of sp³-hybridized carbons (Fsp3) is 0.529. The molecule has 8 heteroatoms. The predicted molar refractivity (Wildman–Crippen MR) is 89.1 cm³/mol. The molecule has 0 spiro atoms. The molecule has 1 fully saturated rings. The number of hydroxylamine groups is 1. The van der Waals surface area contributed by atoms with Crippen LogP contribution in [-0.2, 0) is 20.8 Å². The Kier molecular flexibility index (Phi) is 7.17. The van der Waals surface area contributed by atoms with E-state index in [-0.39, 0.29) is 0 Å². The molecule has 1 aliphatic rings. The van der Waals surface area contributed by atoms with Crippen LogP contribution in [0.25, 0.3) is 0 Å². The van der Waals surface area contributed by atoms with Crippen LogP contribution in [0.1, 0.15) is 41.6 Å². The number of rotatable bonds is 8. The minimum Gasteiger partial charge on any atom is -0.496 e. The molecule has 2 rings (SSSR count). The number of carboxylic acids is 1. The van der Waals surface area contributed by atoms with Crippen molar-refractivity contribution in [3.8, 4) is 5.75 Å². The molecule has 1 heterocycles.